The van der Waals surface area contributed by atoms with E-state index in [0.717, 1.165) is 31.8 Å². The summed E-state index contributed by atoms with van der Waals surface area (Å²) in [6.45, 7) is 6.53. The van der Waals surface area contributed by atoms with Crippen LogP contribution in [0.3, 0.4) is 0 Å². The number of rotatable bonds is 7. The van der Waals surface area contributed by atoms with Crippen molar-refractivity contribution >= 4 is 0 Å². The Kier molecular flexibility index (Phi) is 3.99. The Hall–Kier alpha value is -0.830. The summed E-state index contributed by atoms with van der Waals surface area (Å²) in [6, 6.07) is 2.70. The van der Waals surface area contributed by atoms with Gasteiger partial charge in [0.05, 0.1) is 11.7 Å². The normalized spacial score (nSPS) is 15.9. The molecule has 0 spiro atoms. The topological polar surface area (TPSA) is 29.9 Å². The van der Waals surface area contributed by atoms with Gasteiger partial charge in [0, 0.05) is 12.7 Å². The first-order valence-corrected chi connectivity index (χ1v) is 6.58. The Morgan fingerprint density at radius 1 is 1.44 bits per heavy atom. The van der Waals surface area contributed by atoms with Crippen LogP contribution in [0.15, 0.2) is 12.3 Å². The van der Waals surface area contributed by atoms with E-state index in [0.29, 0.717) is 6.04 Å². The average Bonchev–Trinajstić information content (AvgIpc) is 3.00. The predicted molar refractivity (Wildman–Crippen MR) is 66.3 cm³/mol. The molecule has 1 fully saturated rings. The molecular formula is C13H23N3. The maximum atomic E-state index is 4.62. The Bertz CT molecular complexity index is 311. The molecule has 1 aliphatic rings. The number of hydrogen-bond acceptors (Lipinski definition) is 2. The van der Waals surface area contributed by atoms with Crippen LogP contribution >= 0.6 is 0 Å². The molecule has 0 bridgehead atoms. The lowest BCUT2D eigenvalue weighted by Gasteiger charge is -2.12. The number of aromatic nitrogens is 2. The summed E-state index contributed by atoms with van der Waals surface area (Å²) in [5.41, 5.74) is 1.17. The van der Waals surface area contributed by atoms with Gasteiger partial charge in [0.15, 0.2) is 0 Å². The molecule has 1 aromatic heterocycles. The van der Waals surface area contributed by atoms with Gasteiger partial charge in [-0.15, -0.1) is 0 Å². The van der Waals surface area contributed by atoms with Crippen LogP contribution in [0.1, 0.15) is 51.3 Å². The second-order valence-electron chi connectivity index (χ2n) is 4.83. The van der Waals surface area contributed by atoms with Crippen molar-refractivity contribution in [3.8, 4) is 0 Å². The first kappa shape index (κ1) is 11.6. The Morgan fingerprint density at radius 2 is 2.19 bits per heavy atom. The second-order valence-corrected chi connectivity index (χ2v) is 4.83. The molecule has 1 heterocycles. The van der Waals surface area contributed by atoms with Crippen molar-refractivity contribution in [2.24, 2.45) is 5.92 Å². The van der Waals surface area contributed by atoms with Crippen LogP contribution < -0.4 is 5.32 Å². The van der Waals surface area contributed by atoms with E-state index in [1.54, 1.807) is 0 Å². The van der Waals surface area contributed by atoms with Crippen LogP contribution in [0.25, 0.3) is 0 Å². The quantitative estimate of drug-likeness (QED) is 0.767. The van der Waals surface area contributed by atoms with Crippen LogP contribution in [0.4, 0.5) is 0 Å². The molecule has 0 aliphatic heterocycles. The SMILES string of the molecule is CCC(CC)n1ccc(CNCC2CC2)n1. The molecule has 3 nitrogen and oxygen atoms in total. The van der Waals surface area contributed by atoms with Gasteiger partial charge in [-0.3, -0.25) is 4.68 Å². The zero-order valence-electron chi connectivity index (χ0n) is 10.4. The van der Waals surface area contributed by atoms with Crippen molar-refractivity contribution in [1.82, 2.24) is 15.1 Å². The molecule has 3 heteroatoms. The highest BCUT2D eigenvalue weighted by atomic mass is 15.3. The van der Waals surface area contributed by atoms with E-state index in [9.17, 15) is 0 Å². The van der Waals surface area contributed by atoms with Gasteiger partial charge in [-0.2, -0.15) is 5.10 Å². The molecule has 16 heavy (non-hydrogen) atoms. The van der Waals surface area contributed by atoms with Gasteiger partial charge >= 0.3 is 0 Å². The summed E-state index contributed by atoms with van der Waals surface area (Å²) in [5, 5.41) is 8.10. The number of hydrogen-bond donors (Lipinski definition) is 1. The van der Waals surface area contributed by atoms with Crippen molar-refractivity contribution in [2.45, 2.75) is 52.1 Å². The third kappa shape index (κ3) is 3.08. The van der Waals surface area contributed by atoms with E-state index in [2.05, 4.69) is 41.2 Å². The monoisotopic (exact) mass is 221 g/mol. The van der Waals surface area contributed by atoms with Crippen LogP contribution in [0.5, 0.6) is 0 Å². The summed E-state index contributed by atoms with van der Waals surface area (Å²) < 4.78 is 2.12. The minimum Gasteiger partial charge on any atom is -0.311 e. The third-order valence-electron chi connectivity index (χ3n) is 3.42. The smallest absolute Gasteiger partial charge is 0.0762 e. The molecule has 0 unspecified atom stereocenters. The molecule has 0 aromatic carbocycles. The predicted octanol–water partition coefficient (Wildman–Crippen LogP) is 2.74. The van der Waals surface area contributed by atoms with E-state index < -0.39 is 0 Å². The van der Waals surface area contributed by atoms with Crippen molar-refractivity contribution in [3.05, 3.63) is 18.0 Å². The van der Waals surface area contributed by atoms with Crippen molar-refractivity contribution in [2.75, 3.05) is 6.54 Å². The number of nitrogens with one attached hydrogen (secondary N) is 1. The highest BCUT2D eigenvalue weighted by Gasteiger charge is 2.20. The zero-order valence-corrected chi connectivity index (χ0v) is 10.4. The third-order valence-corrected chi connectivity index (χ3v) is 3.42. The van der Waals surface area contributed by atoms with Gasteiger partial charge in [0.2, 0.25) is 0 Å². The van der Waals surface area contributed by atoms with E-state index in [4.69, 9.17) is 0 Å². The molecule has 0 radical (unpaired) electrons. The van der Waals surface area contributed by atoms with Gasteiger partial charge < -0.3 is 5.32 Å². The summed E-state index contributed by atoms with van der Waals surface area (Å²) in [5.74, 6) is 0.945. The Balaban J connectivity index is 1.80. The largest absolute Gasteiger partial charge is 0.311 e. The molecule has 90 valence electrons. The van der Waals surface area contributed by atoms with Gasteiger partial charge in [0.25, 0.3) is 0 Å². The van der Waals surface area contributed by atoms with E-state index >= 15 is 0 Å². The molecule has 2 rings (SSSR count). The summed E-state index contributed by atoms with van der Waals surface area (Å²) >= 11 is 0. The molecule has 1 aromatic rings. The van der Waals surface area contributed by atoms with Crippen LogP contribution in [-0.2, 0) is 6.54 Å². The van der Waals surface area contributed by atoms with Gasteiger partial charge in [-0.1, -0.05) is 13.8 Å². The molecule has 0 atom stereocenters. The fourth-order valence-corrected chi connectivity index (χ4v) is 2.06. The lowest BCUT2D eigenvalue weighted by atomic mass is 10.2. The van der Waals surface area contributed by atoms with Crippen LogP contribution in [-0.4, -0.2) is 16.3 Å². The number of nitrogens with zero attached hydrogens (tertiary/aromatic N) is 2. The van der Waals surface area contributed by atoms with Crippen LogP contribution in [0, 0.1) is 5.92 Å². The van der Waals surface area contributed by atoms with Gasteiger partial charge in [0.1, 0.15) is 0 Å². The summed E-state index contributed by atoms with van der Waals surface area (Å²) in [6.07, 6.45) is 7.26. The van der Waals surface area contributed by atoms with E-state index in [1.807, 2.05) is 0 Å². The molecular weight excluding hydrogens is 198 g/mol. The highest BCUT2D eigenvalue weighted by molar-refractivity contribution is 4.99. The first-order valence-electron chi connectivity index (χ1n) is 6.58. The van der Waals surface area contributed by atoms with Crippen LogP contribution in [0.2, 0.25) is 0 Å². The Morgan fingerprint density at radius 3 is 2.81 bits per heavy atom. The molecule has 1 N–H and O–H groups in total. The maximum Gasteiger partial charge on any atom is 0.0762 e. The average molecular weight is 221 g/mol. The van der Waals surface area contributed by atoms with Crippen molar-refractivity contribution in [3.63, 3.8) is 0 Å². The van der Waals surface area contributed by atoms with Crippen molar-refractivity contribution in [1.29, 1.82) is 0 Å². The minimum absolute atomic E-state index is 0.567. The highest BCUT2D eigenvalue weighted by Crippen LogP contribution is 2.27. The second kappa shape index (κ2) is 5.48. The molecule has 1 aliphatic carbocycles. The van der Waals surface area contributed by atoms with Crippen molar-refractivity contribution < 1.29 is 0 Å². The fraction of sp³-hybridized carbons (Fsp3) is 0.769. The lowest BCUT2D eigenvalue weighted by Crippen LogP contribution is -2.17. The van der Waals surface area contributed by atoms with Gasteiger partial charge in [-0.05, 0) is 44.2 Å². The van der Waals surface area contributed by atoms with E-state index in [-0.39, 0.29) is 0 Å². The summed E-state index contributed by atoms with van der Waals surface area (Å²) in [4.78, 5) is 0. The fourth-order valence-electron chi connectivity index (χ4n) is 2.06. The Labute approximate surface area is 98.2 Å². The standard InChI is InChI=1S/C13H23N3/c1-3-13(4-2)16-8-7-12(15-16)10-14-9-11-5-6-11/h7-8,11,13-14H,3-6,9-10H2,1-2H3. The van der Waals surface area contributed by atoms with Gasteiger partial charge in [-0.25, -0.2) is 0 Å². The maximum absolute atomic E-state index is 4.62. The molecule has 0 amide bonds. The molecule has 0 saturated heterocycles. The van der Waals surface area contributed by atoms with E-state index in [1.165, 1.54) is 18.5 Å². The first-order chi connectivity index (χ1) is 7.83. The zero-order chi connectivity index (χ0) is 11.4. The lowest BCUT2D eigenvalue weighted by molar-refractivity contribution is 0.424. The minimum atomic E-state index is 0.567. The summed E-state index contributed by atoms with van der Waals surface area (Å²) in [7, 11) is 0. The molecule has 1 saturated carbocycles.